The van der Waals surface area contributed by atoms with Gasteiger partial charge in [0.15, 0.2) is 0 Å². The lowest BCUT2D eigenvalue weighted by atomic mass is 9.76. The summed E-state index contributed by atoms with van der Waals surface area (Å²) in [5, 5.41) is 6.55. The molecule has 0 unspecified atom stereocenters. The first-order chi connectivity index (χ1) is 10.8. The summed E-state index contributed by atoms with van der Waals surface area (Å²) >= 11 is 0. The highest BCUT2D eigenvalue weighted by atomic mass is 16.6. The minimum Gasteiger partial charge on any atom is -0.444 e. The lowest BCUT2D eigenvalue weighted by Crippen LogP contribution is -2.59. The fourth-order valence-electron chi connectivity index (χ4n) is 2.91. The fraction of sp³-hybridized carbons (Fsp3) is 0.722. The van der Waals surface area contributed by atoms with Crippen LogP contribution in [0.5, 0.6) is 0 Å². The molecule has 5 heteroatoms. The molecule has 2 N–H and O–H groups in total. The Hall–Kier alpha value is -1.49. The third kappa shape index (κ3) is 5.57. The molecule has 0 bridgehead atoms. The van der Waals surface area contributed by atoms with Crippen LogP contribution in [0.3, 0.4) is 0 Å². The zero-order valence-electron chi connectivity index (χ0n) is 14.9. The first kappa shape index (κ1) is 17.9. The van der Waals surface area contributed by atoms with Crippen LogP contribution in [0.2, 0.25) is 0 Å². The Labute approximate surface area is 139 Å². The van der Waals surface area contributed by atoms with Crippen molar-refractivity contribution in [2.75, 3.05) is 6.54 Å². The van der Waals surface area contributed by atoms with E-state index in [4.69, 9.17) is 4.74 Å². The summed E-state index contributed by atoms with van der Waals surface area (Å²) in [6, 6.07) is 2.15. The van der Waals surface area contributed by atoms with Gasteiger partial charge >= 0.3 is 6.09 Å². The predicted molar refractivity (Wildman–Crippen MR) is 92.4 cm³/mol. The average molecular weight is 321 g/mol. The number of aryl methyl sites for hydroxylation is 1. The normalized spacial score (nSPS) is 16.7. The topological polar surface area (TPSA) is 55.3 Å². The van der Waals surface area contributed by atoms with Gasteiger partial charge < -0.3 is 19.9 Å². The van der Waals surface area contributed by atoms with E-state index in [-0.39, 0.29) is 11.6 Å². The summed E-state index contributed by atoms with van der Waals surface area (Å²) in [6.07, 6.45) is 8.32. The van der Waals surface area contributed by atoms with Gasteiger partial charge in [0.2, 0.25) is 0 Å². The smallest absolute Gasteiger partial charge is 0.408 e. The third-order valence-electron chi connectivity index (χ3n) is 4.16. The van der Waals surface area contributed by atoms with Gasteiger partial charge in [-0.15, -0.1) is 0 Å². The third-order valence-corrected chi connectivity index (χ3v) is 4.16. The van der Waals surface area contributed by atoms with Crippen LogP contribution in [0.25, 0.3) is 0 Å². The van der Waals surface area contributed by atoms with Gasteiger partial charge in [-0.1, -0.05) is 6.92 Å². The van der Waals surface area contributed by atoms with E-state index in [1.807, 2.05) is 20.8 Å². The number of rotatable bonds is 7. The van der Waals surface area contributed by atoms with E-state index in [1.54, 1.807) is 0 Å². The van der Waals surface area contributed by atoms with E-state index >= 15 is 0 Å². The van der Waals surface area contributed by atoms with Gasteiger partial charge in [-0.2, -0.15) is 0 Å². The molecule has 0 radical (unpaired) electrons. The van der Waals surface area contributed by atoms with Crippen molar-refractivity contribution < 1.29 is 9.53 Å². The number of amides is 1. The monoisotopic (exact) mass is 321 g/mol. The van der Waals surface area contributed by atoms with Crippen LogP contribution < -0.4 is 10.6 Å². The van der Waals surface area contributed by atoms with E-state index in [0.29, 0.717) is 0 Å². The molecule has 0 saturated heterocycles. The Morgan fingerprint density at radius 2 is 2.13 bits per heavy atom. The van der Waals surface area contributed by atoms with Crippen LogP contribution >= 0.6 is 0 Å². The lowest BCUT2D eigenvalue weighted by Gasteiger charge is -2.42. The average Bonchev–Trinajstić information content (AvgIpc) is 2.81. The number of alkyl carbamates (subject to hydrolysis) is 1. The van der Waals surface area contributed by atoms with Crippen molar-refractivity contribution in [3.05, 3.63) is 24.0 Å². The zero-order valence-corrected chi connectivity index (χ0v) is 14.9. The van der Waals surface area contributed by atoms with Crippen molar-refractivity contribution in [2.24, 2.45) is 0 Å². The molecular weight excluding hydrogens is 290 g/mol. The molecule has 1 aromatic heterocycles. The molecule has 0 aliphatic heterocycles. The summed E-state index contributed by atoms with van der Waals surface area (Å²) in [7, 11) is 0. The number of hydrogen-bond donors (Lipinski definition) is 2. The molecular formula is C18H31N3O2. The highest BCUT2D eigenvalue weighted by molar-refractivity contribution is 5.69. The second-order valence-corrected chi connectivity index (χ2v) is 7.62. The van der Waals surface area contributed by atoms with Crippen molar-refractivity contribution in [1.82, 2.24) is 15.2 Å². The van der Waals surface area contributed by atoms with Crippen molar-refractivity contribution in [3.63, 3.8) is 0 Å². The molecule has 5 nitrogen and oxygen atoms in total. The molecule has 1 saturated carbocycles. The van der Waals surface area contributed by atoms with Gasteiger partial charge in [0.1, 0.15) is 5.60 Å². The van der Waals surface area contributed by atoms with Crippen LogP contribution in [0.15, 0.2) is 18.5 Å². The minimum atomic E-state index is -0.454. The van der Waals surface area contributed by atoms with Gasteiger partial charge in [-0.3, -0.25) is 0 Å². The van der Waals surface area contributed by atoms with Gasteiger partial charge in [-0.25, -0.2) is 4.79 Å². The van der Waals surface area contributed by atoms with Crippen LogP contribution in [0, 0.1) is 0 Å². The molecule has 0 spiro atoms. The van der Waals surface area contributed by atoms with E-state index in [0.717, 1.165) is 45.3 Å². The minimum absolute atomic E-state index is 0.145. The maximum absolute atomic E-state index is 12.0. The number of ether oxygens (including phenoxy) is 1. The van der Waals surface area contributed by atoms with Gasteiger partial charge in [0, 0.05) is 32.0 Å². The summed E-state index contributed by atoms with van der Waals surface area (Å²) < 4.78 is 7.60. The Kier molecular flexibility index (Phi) is 5.74. The molecule has 1 aromatic rings. The Morgan fingerprint density at radius 1 is 1.39 bits per heavy atom. The Bertz CT molecular complexity index is 513. The molecule has 2 rings (SSSR count). The predicted octanol–water partition coefficient (Wildman–Crippen LogP) is 3.44. The first-order valence-corrected chi connectivity index (χ1v) is 8.68. The number of nitrogens with one attached hydrogen (secondary N) is 2. The molecule has 1 aliphatic carbocycles. The maximum atomic E-state index is 12.0. The summed E-state index contributed by atoms with van der Waals surface area (Å²) in [6.45, 7) is 10.5. The highest BCUT2D eigenvalue weighted by Crippen LogP contribution is 2.31. The summed E-state index contributed by atoms with van der Waals surface area (Å²) in [5.74, 6) is 0. The van der Waals surface area contributed by atoms with Crippen LogP contribution in [0.4, 0.5) is 4.79 Å². The zero-order chi connectivity index (χ0) is 16.9. The van der Waals surface area contributed by atoms with Gasteiger partial charge in [-0.05, 0) is 58.1 Å². The van der Waals surface area contributed by atoms with Crippen molar-refractivity contribution in [3.8, 4) is 0 Å². The van der Waals surface area contributed by atoms with Crippen LogP contribution in [-0.2, 0) is 17.8 Å². The van der Waals surface area contributed by atoms with Gasteiger partial charge in [0.05, 0.1) is 5.54 Å². The number of carbonyl (C=O) groups is 1. The Morgan fingerprint density at radius 3 is 2.70 bits per heavy atom. The van der Waals surface area contributed by atoms with E-state index < -0.39 is 5.60 Å². The second-order valence-electron chi connectivity index (χ2n) is 7.62. The van der Waals surface area contributed by atoms with E-state index in [9.17, 15) is 4.79 Å². The maximum Gasteiger partial charge on any atom is 0.408 e. The SMILES string of the molecule is CCCn1ccc(CNCC2(NC(=O)OC(C)(C)C)CCC2)c1. The molecule has 1 amide bonds. The van der Waals surface area contributed by atoms with Crippen LogP contribution in [-0.4, -0.2) is 28.3 Å². The van der Waals surface area contributed by atoms with Crippen LogP contribution in [0.1, 0.15) is 58.9 Å². The number of aromatic nitrogens is 1. The fourth-order valence-corrected chi connectivity index (χ4v) is 2.91. The molecule has 1 fully saturated rings. The lowest BCUT2D eigenvalue weighted by molar-refractivity contribution is 0.0382. The van der Waals surface area contributed by atoms with E-state index in [1.165, 1.54) is 5.56 Å². The quantitative estimate of drug-likeness (QED) is 0.809. The molecule has 130 valence electrons. The first-order valence-electron chi connectivity index (χ1n) is 8.68. The second kappa shape index (κ2) is 7.39. The summed E-state index contributed by atoms with van der Waals surface area (Å²) in [4.78, 5) is 12.0. The number of carbonyl (C=O) groups excluding carboxylic acids is 1. The van der Waals surface area contributed by atoms with Crippen molar-refractivity contribution in [1.29, 1.82) is 0 Å². The molecule has 0 aromatic carbocycles. The molecule has 1 aliphatic rings. The van der Waals surface area contributed by atoms with Crippen molar-refractivity contribution >= 4 is 6.09 Å². The Balaban J connectivity index is 1.78. The highest BCUT2D eigenvalue weighted by Gasteiger charge is 2.39. The number of hydrogen-bond acceptors (Lipinski definition) is 3. The number of nitrogens with zero attached hydrogens (tertiary/aromatic N) is 1. The largest absolute Gasteiger partial charge is 0.444 e. The molecule has 0 atom stereocenters. The standard InChI is InChI=1S/C18H31N3O2/c1-5-10-21-11-7-15(13-21)12-19-14-18(8-6-9-18)20-16(22)23-17(2,3)4/h7,11,13,19H,5-6,8-10,12,14H2,1-4H3,(H,20,22). The van der Waals surface area contributed by atoms with Crippen molar-refractivity contribution in [2.45, 2.75) is 77.6 Å². The van der Waals surface area contributed by atoms with E-state index in [2.05, 4.69) is 40.6 Å². The molecule has 1 heterocycles. The van der Waals surface area contributed by atoms with Gasteiger partial charge in [0.25, 0.3) is 0 Å². The summed E-state index contributed by atoms with van der Waals surface area (Å²) in [5.41, 5.74) is 0.684. The molecule has 23 heavy (non-hydrogen) atoms.